The van der Waals surface area contributed by atoms with E-state index in [-0.39, 0.29) is 12.1 Å². The van der Waals surface area contributed by atoms with Gasteiger partial charge in [0.1, 0.15) is 4.90 Å². The highest BCUT2D eigenvalue weighted by Crippen LogP contribution is 2.27. The van der Waals surface area contributed by atoms with Crippen LogP contribution in [-0.2, 0) is 16.6 Å². The molecule has 0 unspecified atom stereocenters. The zero-order valence-corrected chi connectivity index (χ0v) is 12.4. The molecule has 1 aromatic rings. The van der Waals surface area contributed by atoms with Gasteiger partial charge in [0.15, 0.2) is 11.6 Å². The maximum absolute atomic E-state index is 13.7. The van der Waals surface area contributed by atoms with E-state index in [0.29, 0.717) is 12.3 Å². The van der Waals surface area contributed by atoms with Gasteiger partial charge >= 0.3 is 0 Å². The molecule has 0 saturated heterocycles. The standard InChI is InChI=1S/C14H19F2NO3S/c15-12-7-11(9-18)8-13(14(12)16)21(19,20)17-6-5-10-3-1-2-4-10/h7-8,10,17-18H,1-6,9H2. The lowest BCUT2D eigenvalue weighted by molar-refractivity contribution is 0.280. The van der Waals surface area contributed by atoms with Crippen molar-refractivity contribution in [2.45, 2.75) is 43.6 Å². The topological polar surface area (TPSA) is 66.4 Å². The third-order valence-corrected chi connectivity index (χ3v) is 5.31. The number of nitrogens with one attached hydrogen (secondary N) is 1. The molecule has 0 radical (unpaired) electrons. The fourth-order valence-electron chi connectivity index (χ4n) is 2.68. The molecule has 0 aliphatic heterocycles. The van der Waals surface area contributed by atoms with Crippen LogP contribution in [0, 0.1) is 17.6 Å². The van der Waals surface area contributed by atoms with Crippen LogP contribution in [0.2, 0.25) is 0 Å². The van der Waals surface area contributed by atoms with Crippen LogP contribution in [-0.4, -0.2) is 20.1 Å². The second kappa shape index (κ2) is 6.81. The fraction of sp³-hybridized carbons (Fsp3) is 0.571. The third kappa shape index (κ3) is 3.99. The van der Waals surface area contributed by atoms with Crippen molar-refractivity contribution in [3.8, 4) is 0 Å². The van der Waals surface area contributed by atoms with Crippen LogP contribution in [0.4, 0.5) is 8.78 Å². The van der Waals surface area contributed by atoms with E-state index in [2.05, 4.69) is 4.72 Å². The summed E-state index contributed by atoms with van der Waals surface area (Å²) >= 11 is 0. The normalized spacial score (nSPS) is 16.5. The lowest BCUT2D eigenvalue weighted by Gasteiger charge is -2.12. The molecule has 118 valence electrons. The van der Waals surface area contributed by atoms with Crippen LogP contribution in [0.1, 0.15) is 37.7 Å². The van der Waals surface area contributed by atoms with Gasteiger partial charge in [-0.15, -0.1) is 0 Å². The second-order valence-electron chi connectivity index (χ2n) is 5.38. The van der Waals surface area contributed by atoms with Crippen molar-refractivity contribution < 1.29 is 22.3 Å². The fourth-order valence-corrected chi connectivity index (χ4v) is 3.86. The van der Waals surface area contributed by atoms with E-state index in [1.165, 1.54) is 0 Å². The first kappa shape index (κ1) is 16.3. The Morgan fingerprint density at radius 3 is 2.52 bits per heavy atom. The first-order chi connectivity index (χ1) is 9.94. The molecule has 0 aromatic heterocycles. The molecule has 4 nitrogen and oxygen atoms in total. The van der Waals surface area contributed by atoms with Crippen molar-refractivity contribution in [2.75, 3.05) is 6.54 Å². The van der Waals surface area contributed by atoms with Crippen molar-refractivity contribution in [3.05, 3.63) is 29.3 Å². The highest BCUT2D eigenvalue weighted by molar-refractivity contribution is 7.89. The van der Waals surface area contributed by atoms with Gasteiger partial charge in [-0.2, -0.15) is 0 Å². The van der Waals surface area contributed by atoms with Crippen LogP contribution in [0.3, 0.4) is 0 Å². The summed E-state index contributed by atoms with van der Waals surface area (Å²) in [6.45, 7) is -0.348. The molecule has 0 atom stereocenters. The molecule has 0 amide bonds. The molecule has 0 bridgehead atoms. The van der Waals surface area contributed by atoms with E-state index < -0.39 is 33.2 Å². The Bertz CT molecular complexity index is 598. The van der Waals surface area contributed by atoms with Gasteiger partial charge in [-0.05, 0) is 30.0 Å². The number of hydrogen-bond donors (Lipinski definition) is 2. The Morgan fingerprint density at radius 2 is 1.90 bits per heavy atom. The van der Waals surface area contributed by atoms with E-state index >= 15 is 0 Å². The molecular weight excluding hydrogens is 300 g/mol. The number of rotatable bonds is 6. The van der Waals surface area contributed by atoms with Gasteiger partial charge in [0.25, 0.3) is 0 Å². The van der Waals surface area contributed by atoms with Crippen molar-refractivity contribution in [1.29, 1.82) is 0 Å². The minimum atomic E-state index is -4.11. The molecular formula is C14H19F2NO3S. The summed E-state index contributed by atoms with van der Waals surface area (Å²) in [5.74, 6) is -2.20. The average molecular weight is 319 g/mol. The lowest BCUT2D eigenvalue weighted by atomic mass is 10.1. The summed E-state index contributed by atoms with van der Waals surface area (Å²) in [6, 6.07) is 1.74. The average Bonchev–Trinajstić information content (AvgIpc) is 2.94. The number of benzene rings is 1. The Morgan fingerprint density at radius 1 is 1.24 bits per heavy atom. The first-order valence-electron chi connectivity index (χ1n) is 7.02. The molecule has 2 N–H and O–H groups in total. The van der Waals surface area contributed by atoms with E-state index in [1.807, 2.05) is 0 Å². The lowest BCUT2D eigenvalue weighted by Crippen LogP contribution is -2.27. The SMILES string of the molecule is O=S(=O)(NCCC1CCCC1)c1cc(CO)cc(F)c1F. The molecule has 1 saturated carbocycles. The maximum atomic E-state index is 13.7. The van der Waals surface area contributed by atoms with Gasteiger partial charge in [-0.25, -0.2) is 21.9 Å². The largest absolute Gasteiger partial charge is 0.392 e. The third-order valence-electron chi connectivity index (χ3n) is 3.85. The molecule has 1 fully saturated rings. The minimum absolute atomic E-state index is 0.0186. The van der Waals surface area contributed by atoms with Crippen LogP contribution >= 0.6 is 0 Å². The van der Waals surface area contributed by atoms with Crippen LogP contribution < -0.4 is 4.72 Å². The Kier molecular flexibility index (Phi) is 5.29. The summed E-state index contributed by atoms with van der Waals surface area (Å²) in [4.78, 5) is -0.752. The molecule has 7 heteroatoms. The van der Waals surface area contributed by atoms with Gasteiger partial charge in [0.05, 0.1) is 6.61 Å². The molecule has 0 spiro atoms. The van der Waals surface area contributed by atoms with Gasteiger partial charge in [-0.3, -0.25) is 0 Å². The molecule has 1 aliphatic carbocycles. The number of sulfonamides is 1. The predicted octanol–water partition coefficient (Wildman–Crippen LogP) is 2.32. The Hall–Kier alpha value is -1.05. The Balaban J connectivity index is 2.09. The van der Waals surface area contributed by atoms with E-state index in [0.717, 1.165) is 37.8 Å². The zero-order chi connectivity index (χ0) is 15.5. The van der Waals surface area contributed by atoms with Gasteiger partial charge < -0.3 is 5.11 Å². The quantitative estimate of drug-likeness (QED) is 0.845. The highest BCUT2D eigenvalue weighted by atomic mass is 32.2. The van der Waals surface area contributed by atoms with Gasteiger partial charge in [0, 0.05) is 6.54 Å². The van der Waals surface area contributed by atoms with E-state index in [1.54, 1.807) is 0 Å². The summed E-state index contributed by atoms with van der Waals surface area (Å²) in [7, 11) is -4.11. The van der Waals surface area contributed by atoms with Crippen LogP contribution in [0.5, 0.6) is 0 Å². The summed E-state index contributed by atoms with van der Waals surface area (Å²) in [6.07, 6.45) is 5.20. The smallest absolute Gasteiger partial charge is 0.243 e. The van der Waals surface area contributed by atoms with Crippen molar-refractivity contribution >= 4 is 10.0 Å². The monoisotopic (exact) mass is 319 g/mol. The van der Waals surface area contributed by atoms with Gasteiger partial charge in [-0.1, -0.05) is 25.7 Å². The van der Waals surface area contributed by atoms with Crippen molar-refractivity contribution in [3.63, 3.8) is 0 Å². The maximum Gasteiger partial charge on any atom is 0.243 e. The predicted molar refractivity (Wildman–Crippen MR) is 74.0 cm³/mol. The first-order valence-corrected chi connectivity index (χ1v) is 8.51. The minimum Gasteiger partial charge on any atom is -0.392 e. The number of hydrogen-bond acceptors (Lipinski definition) is 3. The molecule has 0 heterocycles. The summed E-state index contributed by atoms with van der Waals surface area (Å²) < 4.78 is 53.4. The van der Waals surface area contributed by atoms with Crippen molar-refractivity contribution in [2.24, 2.45) is 5.92 Å². The highest BCUT2D eigenvalue weighted by Gasteiger charge is 2.23. The van der Waals surface area contributed by atoms with E-state index in [4.69, 9.17) is 5.11 Å². The molecule has 21 heavy (non-hydrogen) atoms. The van der Waals surface area contributed by atoms with Crippen LogP contribution in [0.25, 0.3) is 0 Å². The van der Waals surface area contributed by atoms with Crippen molar-refractivity contribution in [1.82, 2.24) is 4.72 Å². The van der Waals surface area contributed by atoms with Crippen LogP contribution in [0.15, 0.2) is 17.0 Å². The molecule has 1 aromatic carbocycles. The zero-order valence-electron chi connectivity index (χ0n) is 11.6. The number of aliphatic hydroxyl groups is 1. The number of aliphatic hydroxyl groups excluding tert-OH is 1. The number of halogens is 2. The molecule has 2 rings (SSSR count). The Labute approximate surface area is 123 Å². The molecule has 1 aliphatic rings. The van der Waals surface area contributed by atoms with E-state index in [9.17, 15) is 17.2 Å². The summed E-state index contributed by atoms with van der Waals surface area (Å²) in [5.41, 5.74) is 0.0186. The summed E-state index contributed by atoms with van der Waals surface area (Å²) in [5, 5.41) is 8.96. The second-order valence-corrected chi connectivity index (χ2v) is 7.12. The van der Waals surface area contributed by atoms with Gasteiger partial charge in [0.2, 0.25) is 10.0 Å².